The largest absolute Gasteiger partial charge is 0.482 e. The standard InChI is InChI=1S/C21H25NO5/c1-14-11-17(15(2)23)19(26-13-16-9-7-6-8-10-16)20(25)22(14)12-18(24)27-21(3,4)5/h6-11H,12-13H2,1-5H3. The maximum absolute atomic E-state index is 12.9. The lowest BCUT2D eigenvalue weighted by atomic mass is 10.1. The molecule has 1 heterocycles. The van der Waals surface area contributed by atoms with Crippen LogP contribution in [0.3, 0.4) is 0 Å². The fourth-order valence-electron chi connectivity index (χ4n) is 2.58. The molecule has 144 valence electrons. The van der Waals surface area contributed by atoms with E-state index in [1.807, 2.05) is 30.3 Å². The van der Waals surface area contributed by atoms with E-state index in [-0.39, 0.29) is 30.2 Å². The van der Waals surface area contributed by atoms with Crippen molar-refractivity contribution in [2.75, 3.05) is 0 Å². The monoisotopic (exact) mass is 371 g/mol. The molecular weight excluding hydrogens is 346 g/mol. The molecule has 1 aromatic carbocycles. The molecule has 0 aliphatic rings. The zero-order valence-corrected chi connectivity index (χ0v) is 16.4. The van der Waals surface area contributed by atoms with Crippen molar-refractivity contribution in [3.63, 3.8) is 0 Å². The molecule has 0 atom stereocenters. The Morgan fingerprint density at radius 3 is 2.30 bits per heavy atom. The average molecular weight is 371 g/mol. The van der Waals surface area contributed by atoms with Crippen molar-refractivity contribution in [3.8, 4) is 5.75 Å². The highest BCUT2D eigenvalue weighted by Crippen LogP contribution is 2.18. The average Bonchev–Trinajstić information content (AvgIpc) is 2.56. The third-order valence-corrected chi connectivity index (χ3v) is 3.78. The molecular formula is C21H25NO5. The van der Waals surface area contributed by atoms with E-state index < -0.39 is 17.1 Å². The lowest BCUT2D eigenvalue weighted by Crippen LogP contribution is -2.32. The normalized spacial score (nSPS) is 11.1. The van der Waals surface area contributed by atoms with Crippen LogP contribution < -0.4 is 10.3 Å². The van der Waals surface area contributed by atoms with Gasteiger partial charge in [-0.05, 0) is 46.2 Å². The summed E-state index contributed by atoms with van der Waals surface area (Å²) in [7, 11) is 0. The lowest BCUT2D eigenvalue weighted by molar-refractivity contribution is -0.155. The van der Waals surface area contributed by atoms with Crippen molar-refractivity contribution in [1.29, 1.82) is 0 Å². The van der Waals surface area contributed by atoms with Gasteiger partial charge in [0, 0.05) is 5.69 Å². The molecule has 6 heteroatoms. The molecule has 0 unspecified atom stereocenters. The molecule has 27 heavy (non-hydrogen) atoms. The first kappa shape index (κ1) is 20.4. The number of carbonyl (C=O) groups is 2. The highest BCUT2D eigenvalue weighted by atomic mass is 16.6. The molecule has 1 aromatic heterocycles. The van der Waals surface area contributed by atoms with Gasteiger partial charge in [-0.3, -0.25) is 19.0 Å². The van der Waals surface area contributed by atoms with Gasteiger partial charge >= 0.3 is 5.97 Å². The summed E-state index contributed by atoms with van der Waals surface area (Å²) in [4.78, 5) is 37.1. The second-order valence-corrected chi connectivity index (χ2v) is 7.34. The Morgan fingerprint density at radius 1 is 1.11 bits per heavy atom. The summed E-state index contributed by atoms with van der Waals surface area (Å²) in [6, 6.07) is 10.9. The number of carbonyl (C=O) groups excluding carboxylic acids is 2. The minimum atomic E-state index is -0.652. The number of ether oxygens (including phenoxy) is 2. The Labute approximate surface area is 158 Å². The molecule has 0 aliphatic heterocycles. The van der Waals surface area contributed by atoms with Crippen LogP contribution in [0, 0.1) is 6.92 Å². The predicted octanol–water partition coefficient (Wildman–Crippen LogP) is 3.28. The maximum atomic E-state index is 12.9. The zero-order valence-electron chi connectivity index (χ0n) is 16.4. The summed E-state index contributed by atoms with van der Waals surface area (Å²) in [6.07, 6.45) is 0. The molecule has 0 aliphatic carbocycles. The number of nitrogens with zero attached hydrogens (tertiary/aromatic N) is 1. The lowest BCUT2D eigenvalue weighted by Gasteiger charge is -2.21. The maximum Gasteiger partial charge on any atom is 0.326 e. The Kier molecular flexibility index (Phi) is 6.20. The number of aromatic nitrogens is 1. The minimum Gasteiger partial charge on any atom is -0.482 e. The number of esters is 1. The molecule has 0 saturated heterocycles. The van der Waals surface area contributed by atoms with Crippen LogP contribution in [0.1, 0.15) is 49.3 Å². The van der Waals surface area contributed by atoms with Gasteiger partial charge in [0.1, 0.15) is 18.8 Å². The number of pyridine rings is 1. The quantitative estimate of drug-likeness (QED) is 0.575. The molecule has 0 fully saturated rings. The Balaban J connectivity index is 2.37. The predicted molar refractivity (Wildman–Crippen MR) is 102 cm³/mol. The molecule has 0 saturated carbocycles. The van der Waals surface area contributed by atoms with Gasteiger partial charge in [0.15, 0.2) is 11.5 Å². The van der Waals surface area contributed by atoms with Gasteiger partial charge in [0.25, 0.3) is 5.56 Å². The molecule has 6 nitrogen and oxygen atoms in total. The van der Waals surface area contributed by atoms with Crippen molar-refractivity contribution in [2.24, 2.45) is 0 Å². The van der Waals surface area contributed by atoms with Crippen molar-refractivity contribution in [1.82, 2.24) is 4.57 Å². The van der Waals surface area contributed by atoms with E-state index in [0.717, 1.165) is 5.56 Å². The molecule has 0 spiro atoms. The van der Waals surface area contributed by atoms with Gasteiger partial charge in [0.2, 0.25) is 0 Å². The van der Waals surface area contributed by atoms with Gasteiger partial charge in [-0.25, -0.2) is 0 Å². The van der Waals surface area contributed by atoms with Gasteiger partial charge in [-0.15, -0.1) is 0 Å². The van der Waals surface area contributed by atoms with Crippen LogP contribution in [0.4, 0.5) is 0 Å². The Morgan fingerprint density at radius 2 is 1.74 bits per heavy atom. The van der Waals surface area contributed by atoms with Crippen LogP contribution >= 0.6 is 0 Å². The molecule has 2 aromatic rings. The highest BCUT2D eigenvalue weighted by Gasteiger charge is 2.21. The van der Waals surface area contributed by atoms with Crippen LogP contribution in [0.5, 0.6) is 5.75 Å². The zero-order chi connectivity index (χ0) is 20.2. The Bertz CT molecular complexity index is 891. The summed E-state index contributed by atoms with van der Waals surface area (Å²) in [5, 5.41) is 0. The van der Waals surface area contributed by atoms with Crippen molar-refractivity contribution < 1.29 is 19.1 Å². The summed E-state index contributed by atoms with van der Waals surface area (Å²) < 4.78 is 12.2. The summed E-state index contributed by atoms with van der Waals surface area (Å²) in [6.45, 7) is 8.21. The molecule has 0 amide bonds. The van der Waals surface area contributed by atoms with Gasteiger partial charge < -0.3 is 9.47 Å². The molecule has 0 bridgehead atoms. The second kappa shape index (κ2) is 8.20. The number of hydrogen-bond acceptors (Lipinski definition) is 5. The topological polar surface area (TPSA) is 74.6 Å². The fraction of sp³-hybridized carbons (Fsp3) is 0.381. The number of rotatable bonds is 6. The third-order valence-electron chi connectivity index (χ3n) is 3.78. The number of ketones is 1. The number of aryl methyl sites for hydroxylation is 1. The van der Waals surface area contributed by atoms with Gasteiger partial charge in [0.05, 0.1) is 5.56 Å². The van der Waals surface area contributed by atoms with Crippen LogP contribution in [0.2, 0.25) is 0 Å². The first-order valence-electron chi connectivity index (χ1n) is 8.72. The second-order valence-electron chi connectivity index (χ2n) is 7.34. The first-order valence-corrected chi connectivity index (χ1v) is 8.72. The molecule has 2 rings (SSSR count). The van der Waals surface area contributed by atoms with E-state index in [1.54, 1.807) is 33.8 Å². The summed E-state index contributed by atoms with van der Waals surface area (Å²) in [5.74, 6) is -0.861. The van der Waals surface area contributed by atoms with Crippen molar-refractivity contribution in [3.05, 3.63) is 63.6 Å². The van der Waals surface area contributed by atoms with Crippen molar-refractivity contribution >= 4 is 11.8 Å². The minimum absolute atomic E-state index is 0.0551. The summed E-state index contributed by atoms with van der Waals surface area (Å²) >= 11 is 0. The highest BCUT2D eigenvalue weighted by molar-refractivity contribution is 5.96. The van der Waals surface area contributed by atoms with Crippen LogP contribution in [0.25, 0.3) is 0 Å². The van der Waals surface area contributed by atoms with E-state index in [1.165, 1.54) is 11.5 Å². The van der Waals surface area contributed by atoms with E-state index in [2.05, 4.69) is 0 Å². The van der Waals surface area contributed by atoms with Crippen LogP contribution in [-0.4, -0.2) is 21.9 Å². The van der Waals surface area contributed by atoms with Gasteiger partial charge in [-0.2, -0.15) is 0 Å². The third kappa shape index (κ3) is 5.54. The first-order chi connectivity index (χ1) is 12.6. The SMILES string of the molecule is CC(=O)c1cc(C)n(CC(=O)OC(C)(C)C)c(=O)c1OCc1ccccc1. The van der Waals surface area contributed by atoms with Crippen LogP contribution in [0.15, 0.2) is 41.2 Å². The number of Topliss-reactive ketones (excluding diaryl/α,β-unsaturated/α-hetero) is 1. The Hall–Kier alpha value is -2.89. The number of hydrogen-bond donors (Lipinski definition) is 0. The molecule has 0 radical (unpaired) electrons. The van der Waals surface area contributed by atoms with E-state index in [4.69, 9.17) is 9.47 Å². The fourth-order valence-corrected chi connectivity index (χ4v) is 2.58. The van der Waals surface area contributed by atoms with Crippen LogP contribution in [-0.2, 0) is 22.7 Å². The molecule has 0 N–H and O–H groups in total. The van der Waals surface area contributed by atoms with E-state index in [9.17, 15) is 14.4 Å². The van der Waals surface area contributed by atoms with E-state index >= 15 is 0 Å². The summed E-state index contributed by atoms with van der Waals surface area (Å²) in [5.41, 5.74) is 0.380. The number of benzene rings is 1. The van der Waals surface area contributed by atoms with Crippen molar-refractivity contribution in [2.45, 2.75) is 53.4 Å². The van der Waals surface area contributed by atoms with E-state index in [0.29, 0.717) is 5.69 Å². The van der Waals surface area contributed by atoms with Gasteiger partial charge in [-0.1, -0.05) is 30.3 Å². The smallest absolute Gasteiger partial charge is 0.326 e.